The number of rotatable bonds is 3. The molecule has 0 heterocycles. The van der Waals surface area contributed by atoms with Crippen molar-refractivity contribution < 1.29 is 24.5 Å². The van der Waals surface area contributed by atoms with Gasteiger partial charge in [0.05, 0.1) is 6.61 Å². The largest absolute Gasteiger partial charge is 0.457 e. The van der Waals surface area contributed by atoms with E-state index in [4.69, 9.17) is 9.84 Å². The number of carbonyl (C=O) groups excluding carboxylic acids is 2. The predicted molar refractivity (Wildman–Crippen MR) is 65.1 cm³/mol. The third-order valence-electron chi connectivity index (χ3n) is 4.99. The molecule has 106 valence electrons. The first-order valence-corrected chi connectivity index (χ1v) is 6.96. The quantitative estimate of drug-likeness (QED) is 0.725. The molecule has 0 radical (unpaired) electrons. The molecule has 3 unspecified atom stereocenters. The number of hydrogen-bond donors (Lipinski definition) is 2. The lowest BCUT2D eigenvalue weighted by atomic mass is 9.53. The van der Waals surface area contributed by atoms with Crippen LogP contribution in [0.3, 0.4) is 0 Å². The molecule has 3 atom stereocenters. The second-order valence-electron chi connectivity index (χ2n) is 6.75. The van der Waals surface area contributed by atoms with Gasteiger partial charge in [-0.3, -0.25) is 4.79 Å². The van der Waals surface area contributed by atoms with Gasteiger partial charge in [0, 0.05) is 11.8 Å². The molecule has 4 bridgehead atoms. The second-order valence-corrected chi connectivity index (χ2v) is 6.75. The maximum Gasteiger partial charge on any atom is 0.340 e. The monoisotopic (exact) mass is 268 g/mol. The van der Waals surface area contributed by atoms with Gasteiger partial charge in [-0.05, 0) is 44.9 Å². The van der Waals surface area contributed by atoms with E-state index in [2.05, 4.69) is 0 Å². The average molecular weight is 268 g/mol. The van der Waals surface area contributed by atoms with Crippen molar-refractivity contribution in [2.24, 2.45) is 17.8 Å². The van der Waals surface area contributed by atoms with Crippen LogP contribution in [0.25, 0.3) is 0 Å². The van der Waals surface area contributed by atoms with Crippen LogP contribution >= 0.6 is 0 Å². The second kappa shape index (κ2) is 4.03. The van der Waals surface area contributed by atoms with Gasteiger partial charge in [-0.1, -0.05) is 0 Å². The Bertz CT molecular complexity index is 410. The number of aliphatic hydroxyl groups excluding tert-OH is 1. The molecule has 0 aromatic rings. The highest BCUT2D eigenvalue weighted by Crippen LogP contribution is 2.55. The molecule has 4 rings (SSSR count). The summed E-state index contributed by atoms with van der Waals surface area (Å²) in [7, 11) is 0. The first kappa shape index (κ1) is 13.1. The third kappa shape index (κ3) is 1.99. The fourth-order valence-corrected chi connectivity index (χ4v) is 4.17. The molecule has 0 aliphatic heterocycles. The Morgan fingerprint density at radius 1 is 1.37 bits per heavy atom. The first-order valence-electron chi connectivity index (χ1n) is 6.96. The smallest absolute Gasteiger partial charge is 0.340 e. The van der Waals surface area contributed by atoms with Crippen molar-refractivity contribution in [3.05, 3.63) is 0 Å². The zero-order valence-electron chi connectivity index (χ0n) is 11.1. The van der Waals surface area contributed by atoms with E-state index < -0.39 is 23.8 Å². The summed E-state index contributed by atoms with van der Waals surface area (Å²) in [6.07, 6.45) is 3.81. The molecule has 4 aliphatic carbocycles. The molecule has 5 nitrogen and oxygen atoms in total. The number of ketones is 1. The summed E-state index contributed by atoms with van der Waals surface area (Å²) in [6.45, 7) is 0.595. The van der Waals surface area contributed by atoms with Crippen molar-refractivity contribution in [2.75, 3.05) is 6.61 Å². The Balaban J connectivity index is 1.78. The Kier molecular flexibility index (Phi) is 2.77. The summed E-state index contributed by atoms with van der Waals surface area (Å²) >= 11 is 0. The van der Waals surface area contributed by atoms with Gasteiger partial charge >= 0.3 is 5.97 Å². The molecule has 0 spiro atoms. The first-order chi connectivity index (χ1) is 8.85. The maximum absolute atomic E-state index is 12.0. The highest BCUT2D eigenvalue weighted by molar-refractivity contribution is 5.86. The lowest BCUT2D eigenvalue weighted by Gasteiger charge is -2.54. The molecule has 0 aromatic heterocycles. The highest BCUT2D eigenvalue weighted by Gasteiger charge is 2.57. The van der Waals surface area contributed by atoms with Crippen LogP contribution in [0.5, 0.6) is 0 Å². The molecular weight excluding hydrogens is 248 g/mol. The van der Waals surface area contributed by atoms with Crippen molar-refractivity contribution >= 4 is 11.8 Å². The van der Waals surface area contributed by atoms with Crippen LogP contribution in [0.2, 0.25) is 0 Å². The molecule has 4 aliphatic rings. The summed E-state index contributed by atoms with van der Waals surface area (Å²) in [5, 5.41) is 18.8. The van der Waals surface area contributed by atoms with E-state index in [1.54, 1.807) is 0 Å². The molecule has 19 heavy (non-hydrogen) atoms. The number of carbonyl (C=O) groups is 2. The van der Waals surface area contributed by atoms with Crippen LogP contribution in [0.1, 0.15) is 39.0 Å². The van der Waals surface area contributed by atoms with E-state index >= 15 is 0 Å². The molecule has 4 fully saturated rings. The molecular formula is C14H20O5. The topological polar surface area (TPSA) is 83.8 Å². The molecule has 0 aromatic carbocycles. The fraction of sp³-hybridized carbons (Fsp3) is 0.857. The predicted octanol–water partition coefficient (Wildman–Crippen LogP) is 0.421. The van der Waals surface area contributed by atoms with Crippen molar-refractivity contribution in [1.29, 1.82) is 0 Å². The van der Waals surface area contributed by atoms with Gasteiger partial charge in [-0.25, -0.2) is 4.79 Å². The van der Waals surface area contributed by atoms with Gasteiger partial charge in [0.25, 0.3) is 0 Å². The zero-order valence-corrected chi connectivity index (χ0v) is 11.1. The van der Waals surface area contributed by atoms with Gasteiger partial charge in [0.1, 0.15) is 11.4 Å². The van der Waals surface area contributed by atoms with Gasteiger partial charge in [0.2, 0.25) is 0 Å². The van der Waals surface area contributed by atoms with Gasteiger partial charge in [0.15, 0.2) is 5.60 Å². The Labute approximate surface area is 111 Å². The molecule has 0 saturated heterocycles. The molecule has 2 N–H and O–H groups in total. The van der Waals surface area contributed by atoms with E-state index in [1.165, 1.54) is 6.92 Å². The zero-order chi connectivity index (χ0) is 13.8. The minimum absolute atomic E-state index is 0.0260. The van der Waals surface area contributed by atoms with Crippen LogP contribution in [0, 0.1) is 17.8 Å². The van der Waals surface area contributed by atoms with E-state index in [0.29, 0.717) is 24.5 Å². The standard InChI is InChI=1S/C14H20O5/c1-13(18,7-15)12(17)19-14-4-8-2-9(5-14)11(16)10(3-8)6-14/h8-10,15,18H,2-7H2,1H3. The molecule has 4 saturated carbocycles. The summed E-state index contributed by atoms with van der Waals surface area (Å²) in [4.78, 5) is 24.0. The van der Waals surface area contributed by atoms with Crippen LogP contribution in [-0.4, -0.2) is 39.8 Å². The van der Waals surface area contributed by atoms with Crippen LogP contribution in [0.4, 0.5) is 0 Å². The maximum atomic E-state index is 12.0. The number of aliphatic hydroxyl groups is 2. The van der Waals surface area contributed by atoms with Gasteiger partial charge < -0.3 is 14.9 Å². The number of Topliss-reactive ketones (excluding diaryl/α,β-unsaturated/α-hetero) is 1. The number of esters is 1. The van der Waals surface area contributed by atoms with Gasteiger partial charge in [-0.15, -0.1) is 0 Å². The summed E-state index contributed by atoms with van der Waals surface area (Å²) in [5.41, 5.74) is -2.44. The normalized spacial score (nSPS) is 43.1. The number of ether oxygens (including phenoxy) is 1. The minimum Gasteiger partial charge on any atom is -0.457 e. The third-order valence-corrected chi connectivity index (χ3v) is 4.99. The van der Waals surface area contributed by atoms with E-state index in [0.717, 1.165) is 19.3 Å². The summed E-state index contributed by atoms with van der Waals surface area (Å²) in [6, 6.07) is 0. The number of hydrogen-bond acceptors (Lipinski definition) is 5. The van der Waals surface area contributed by atoms with Crippen molar-refractivity contribution in [1.82, 2.24) is 0 Å². The Hall–Kier alpha value is -0.940. The molecule has 0 amide bonds. The van der Waals surface area contributed by atoms with Crippen LogP contribution < -0.4 is 0 Å². The summed E-state index contributed by atoms with van der Waals surface area (Å²) in [5.74, 6) is 0.0688. The Morgan fingerprint density at radius 3 is 2.47 bits per heavy atom. The van der Waals surface area contributed by atoms with Crippen LogP contribution in [0.15, 0.2) is 0 Å². The fourth-order valence-electron chi connectivity index (χ4n) is 4.17. The minimum atomic E-state index is -1.85. The highest BCUT2D eigenvalue weighted by atomic mass is 16.6. The lowest BCUT2D eigenvalue weighted by Crippen LogP contribution is -2.58. The van der Waals surface area contributed by atoms with Gasteiger partial charge in [-0.2, -0.15) is 0 Å². The van der Waals surface area contributed by atoms with Crippen molar-refractivity contribution in [2.45, 2.75) is 50.2 Å². The summed E-state index contributed by atoms with van der Waals surface area (Å²) < 4.78 is 5.55. The van der Waals surface area contributed by atoms with Crippen molar-refractivity contribution in [3.63, 3.8) is 0 Å². The van der Waals surface area contributed by atoms with E-state index in [-0.39, 0.29) is 11.8 Å². The lowest BCUT2D eigenvalue weighted by molar-refractivity contribution is -0.205. The SMILES string of the molecule is CC(O)(CO)C(=O)OC12CC3CC(C1)C(=O)C(C3)C2. The Morgan fingerprint density at radius 2 is 1.95 bits per heavy atom. The van der Waals surface area contributed by atoms with E-state index in [1.807, 2.05) is 0 Å². The van der Waals surface area contributed by atoms with Crippen LogP contribution in [-0.2, 0) is 14.3 Å². The molecule has 5 heteroatoms. The average Bonchev–Trinajstić information content (AvgIpc) is 2.34. The van der Waals surface area contributed by atoms with E-state index in [9.17, 15) is 14.7 Å². The van der Waals surface area contributed by atoms with Crippen molar-refractivity contribution in [3.8, 4) is 0 Å².